The second-order valence-corrected chi connectivity index (χ2v) is 7.70. The van der Waals surface area contributed by atoms with Crippen LogP contribution in [0.4, 0.5) is 0 Å². The molecule has 0 aliphatic carbocycles. The number of aromatic nitrogens is 2. The number of ether oxygens (including phenoxy) is 1. The highest BCUT2D eigenvalue weighted by Crippen LogP contribution is 2.20. The number of hydrogen-bond acceptors (Lipinski definition) is 5. The number of carbonyl (C=O) groups excluding carboxylic acids is 1. The standard InChI is InChI=1S/C22H30N4O2/c1-16-5-4-6-20(11-16)21-23-12-18(13-24-21)14-26-9-7-19(8-10-26)22(27)25-17(2)15-28-3/h4-6,11-13,17,19H,7-10,14-15H2,1-3H3,(H,25,27). The van der Waals surface area contributed by atoms with Gasteiger partial charge in [0.05, 0.1) is 6.61 Å². The number of nitrogens with one attached hydrogen (secondary N) is 1. The Morgan fingerprint density at radius 1 is 1.29 bits per heavy atom. The highest BCUT2D eigenvalue weighted by molar-refractivity contribution is 5.79. The Morgan fingerprint density at radius 2 is 2.00 bits per heavy atom. The highest BCUT2D eigenvalue weighted by Gasteiger charge is 2.25. The molecule has 150 valence electrons. The van der Waals surface area contributed by atoms with Gasteiger partial charge in [-0.2, -0.15) is 0 Å². The first-order chi connectivity index (χ1) is 13.5. The molecule has 0 bridgehead atoms. The molecule has 6 heteroatoms. The van der Waals surface area contributed by atoms with Crippen molar-refractivity contribution in [3.05, 3.63) is 47.8 Å². The van der Waals surface area contributed by atoms with Crippen molar-refractivity contribution >= 4 is 5.91 Å². The predicted octanol–water partition coefficient (Wildman–Crippen LogP) is 2.82. The van der Waals surface area contributed by atoms with E-state index in [4.69, 9.17) is 4.74 Å². The van der Waals surface area contributed by atoms with Crippen LogP contribution in [-0.4, -0.2) is 53.6 Å². The second kappa shape index (κ2) is 9.75. The summed E-state index contributed by atoms with van der Waals surface area (Å²) in [5, 5.41) is 3.04. The van der Waals surface area contributed by atoms with Crippen molar-refractivity contribution in [2.24, 2.45) is 5.92 Å². The molecule has 1 aromatic carbocycles. The zero-order valence-corrected chi connectivity index (χ0v) is 17.0. The molecule has 0 saturated carbocycles. The van der Waals surface area contributed by atoms with Crippen LogP contribution in [0.15, 0.2) is 36.7 Å². The minimum Gasteiger partial charge on any atom is -0.383 e. The first kappa shape index (κ1) is 20.4. The van der Waals surface area contributed by atoms with Crippen LogP contribution in [0.5, 0.6) is 0 Å². The largest absolute Gasteiger partial charge is 0.383 e. The molecule has 2 aromatic rings. The second-order valence-electron chi connectivity index (χ2n) is 7.70. The van der Waals surface area contributed by atoms with Gasteiger partial charge in [0.2, 0.25) is 5.91 Å². The van der Waals surface area contributed by atoms with Gasteiger partial charge in [0.15, 0.2) is 5.82 Å². The minimum atomic E-state index is 0.0552. The third kappa shape index (κ3) is 5.59. The van der Waals surface area contributed by atoms with Gasteiger partial charge in [-0.05, 0) is 45.8 Å². The van der Waals surface area contributed by atoms with E-state index in [1.165, 1.54) is 5.56 Å². The monoisotopic (exact) mass is 382 g/mol. The van der Waals surface area contributed by atoms with Gasteiger partial charge >= 0.3 is 0 Å². The lowest BCUT2D eigenvalue weighted by Crippen LogP contribution is -2.44. The maximum Gasteiger partial charge on any atom is 0.223 e. The quantitative estimate of drug-likeness (QED) is 0.798. The Balaban J connectivity index is 1.49. The molecular formula is C22H30N4O2. The Bertz CT molecular complexity index is 770. The first-order valence-corrected chi connectivity index (χ1v) is 9.95. The number of aryl methyl sites for hydroxylation is 1. The lowest BCUT2D eigenvalue weighted by atomic mass is 9.95. The van der Waals surface area contributed by atoms with Crippen molar-refractivity contribution in [3.8, 4) is 11.4 Å². The van der Waals surface area contributed by atoms with Crippen LogP contribution in [0.3, 0.4) is 0 Å². The molecular weight excluding hydrogens is 352 g/mol. The normalized spacial score (nSPS) is 16.7. The summed E-state index contributed by atoms with van der Waals surface area (Å²) >= 11 is 0. The van der Waals surface area contributed by atoms with Crippen molar-refractivity contribution in [1.82, 2.24) is 20.2 Å². The van der Waals surface area contributed by atoms with E-state index in [1.54, 1.807) is 7.11 Å². The van der Waals surface area contributed by atoms with Crippen molar-refractivity contribution in [2.75, 3.05) is 26.8 Å². The average Bonchev–Trinajstić information content (AvgIpc) is 2.69. The van der Waals surface area contributed by atoms with Gasteiger partial charge in [-0.25, -0.2) is 9.97 Å². The summed E-state index contributed by atoms with van der Waals surface area (Å²) in [6.07, 6.45) is 5.59. The van der Waals surface area contributed by atoms with Gasteiger partial charge in [0, 0.05) is 49.1 Å². The lowest BCUT2D eigenvalue weighted by molar-refractivity contribution is -0.127. The first-order valence-electron chi connectivity index (χ1n) is 9.95. The van der Waals surface area contributed by atoms with Gasteiger partial charge in [0.25, 0.3) is 0 Å². The molecule has 1 fully saturated rings. The van der Waals surface area contributed by atoms with E-state index in [0.29, 0.717) is 6.61 Å². The molecule has 0 spiro atoms. The van der Waals surface area contributed by atoms with E-state index in [2.05, 4.69) is 39.2 Å². The van der Waals surface area contributed by atoms with Gasteiger partial charge in [-0.15, -0.1) is 0 Å². The molecule has 1 amide bonds. The van der Waals surface area contributed by atoms with Crippen LogP contribution < -0.4 is 5.32 Å². The molecule has 1 saturated heterocycles. The van der Waals surface area contributed by atoms with Crippen molar-refractivity contribution in [3.63, 3.8) is 0 Å². The Kier molecular flexibility index (Phi) is 7.12. The molecule has 1 aromatic heterocycles. The van der Waals surface area contributed by atoms with Crippen LogP contribution in [0, 0.1) is 12.8 Å². The smallest absolute Gasteiger partial charge is 0.223 e. The fourth-order valence-corrected chi connectivity index (χ4v) is 3.63. The van der Waals surface area contributed by atoms with Crippen LogP contribution in [0.25, 0.3) is 11.4 Å². The van der Waals surface area contributed by atoms with Gasteiger partial charge in [-0.1, -0.05) is 23.8 Å². The Morgan fingerprint density at radius 3 is 2.64 bits per heavy atom. The van der Waals surface area contributed by atoms with E-state index < -0.39 is 0 Å². The molecule has 0 radical (unpaired) electrons. The topological polar surface area (TPSA) is 67.3 Å². The number of nitrogens with zero attached hydrogens (tertiary/aromatic N) is 3. The number of rotatable bonds is 7. The molecule has 1 aliphatic rings. The molecule has 28 heavy (non-hydrogen) atoms. The van der Waals surface area contributed by atoms with Gasteiger partial charge in [-0.3, -0.25) is 9.69 Å². The van der Waals surface area contributed by atoms with Crippen molar-refractivity contribution < 1.29 is 9.53 Å². The van der Waals surface area contributed by atoms with E-state index >= 15 is 0 Å². The Hall–Kier alpha value is -2.31. The summed E-state index contributed by atoms with van der Waals surface area (Å²) in [5.41, 5.74) is 3.35. The molecule has 1 atom stereocenters. The summed E-state index contributed by atoms with van der Waals surface area (Å²) in [5.74, 6) is 0.999. The van der Waals surface area contributed by atoms with Crippen LogP contribution in [0.2, 0.25) is 0 Å². The van der Waals surface area contributed by atoms with Crippen molar-refractivity contribution in [2.45, 2.75) is 39.3 Å². The fourth-order valence-electron chi connectivity index (χ4n) is 3.63. The summed E-state index contributed by atoms with van der Waals surface area (Å²) < 4.78 is 5.08. The van der Waals surface area contributed by atoms with Crippen molar-refractivity contribution in [1.29, 1.82) is 0 Å². The molecule has 1 unspecified atom stereocenters. The minimum absolute atomic E-state index is 0.0552. The highest BCUT2D eigenvalue weighted by atomic mass is 16.5. The van der Waals surface area contributed by atoms with E-state index in [1.807, 2.05) is 31.5 Å². The number of likely N-dealkylation sites (tertiary alicyclic amines) is 1. The van der Waals surface area contributed by atoms with E-state index in [9.17, 15) is 4.79 Å². The molecule has 6 nitrogen and oxygen atoms in total. The van der Waals surface area contributed by atoms with Crippen LogP contribution in [-0.2, 0) is 16.1 Å². The molecule has 1 N–H and O–H groups in total. The summed E-state index contributed by atoms with van der Waals surface area (Å²) in [7, 11) is 1.65. The summed E-state index contributed by atoms with van der Waals surface area (Å²) in [6.45, 7) is 7.23. The molecule has 2 heterocycles. The Labute approximate surface area is 167 Å². The van der Waals surface area contributed by atoms with Gasteiger partial charge in [0.1, 0.15) is 0 Å². The van der Waals surface area contributed by atoms with Crippen LogP contribution >= 0.6 is 0 Å². The van der Waals surface area contributed by atoms with Gasteiger partial charge < -0.3 is 10.1 Å². The number of hydrogen-bond donors (Lipinski definition) is 1. The average molecular weight is 383 g/mol. The zero-order chi connectivity index (χ0) is 19.9. The number of benzene rings is 1. The third-order valence-corrected chi connectivity index (χ3v) is 5.15. The lowest BCUT2D eigenvalue weighted by Gasteiger charge is -2.31. The maximum atomic E-state index is 12.3. The fraction of sp³-hybridized carbons (Fsp3) is 0.500. The summed E-state index contributed by atoms with van der Waals surface area (Å²) in [4.78, 5) is 23.8. The number of carbonyl (C=O) groups is 1. The molecule has 3 rings (SSSR count). The molecule has 1 aliphatic heterocycles. The number of amides is 1. The third-order valence-electron chi connectivity index (χ3n) is 5.15. The number of piperidine rings is 1. The SMILES string of the molecule is COCC(C)NC(=O)C1CCN(Cc2cnc(-c3cccc(C)c3)nc2)CC1. The maximum absolute atomic E-state index is 12.3. The summed E-state index contributed by atoms with van der Waals surface area (Å²) in [6, 6.07) is 8.28. The predicted molar refractivity (Wildman–Crippen MR) is 110 cm³/mol. The zero-order valence-electron chi connectivity index (χ0n) is 17.0. The van der Waals surface area contributed by atoms with Crippen LogP contribution in [0.1, 0.15) is 30.9 Å². The van der Waals surface area contributed by atoms with E-state index in [0.717, 1.165) is 49.4 Å². The number of methoxy groups -OCH3 is 1. The van der Waals surface area contributed by atoms with E-state index in [-0.39, 0.29) is 17.9 Å².